The largest absolute Gasteiger partial charge is 0.311 e. The Labute approximate surface area is 122 Å². The van der Waals surface area contributed by atoms with Gasteiger partial charge in [-0.3, -0.25) is 0 Å². The van der Waals surface area contributed by atoms with Crippen molar-refractivity contribution < 1.29 is 4.39 Å². The maximum atomic E-state index is 13.6. The number of hydrogen-bond donors (Lipinski definition) is 1. The van der Waals surface area contributed by atoms with Crippen molar-refractivity contribution in [3.05, 3.63) is 35.6 Å². The molecule has 2 rings (SSSR count). The van der Waals surface area contributed by atoms with E-state index in [4.69, 9.17) is 0 Å². The maximum Gasteiger partial charge on any atom is 0.123 e. The lowest BCUT2D eigenvalue weighted by Crippen LogP contribution is -2.55. The first-order valence-corrected chi connectivity index (χ1v) is 7.60. The second kappa shape index (κ2) is 6.23. The Hall–Kier alpha value is -0.930. The van der Waals surface area contributed by atoms with Crippen LogP contribution in [0, 0.1) is 11.7 Å². The highest BCUT2D eigenvalue weighted by molar-refractivity contribution is 5.25. The van der Waals surface area contributed by atoms with E-state index in [9.17, 15) is 4.39 Å². The van der Waals surface area contributed by atoms with E-state index in [2.05, 4.69) is 31.2 Å². The Morgan fingerprint density at radius 3 is 2.45 bits per heavy atom. The molecule has 0 radical (unpaired) electrons. The van der Waals surface area contributed by atoms with Crippen LogP contribution in [0.3, 0.4) is 0 Å². The Morgan fingerprint density at radius 1 is 1.30 bits per heavy atom. The normalized spacial score (nSPS) is 28.6. The summed E-state index contributed by atoms with van der Waals surface area (Å²) in [6.45, 7) is 2.33. The lowest BCUT2D eigenvalue weighted by atomic mass is 9.70. The van der Waals surface area contributed by atoms with E-state index in [1.54, 1.807) is 6.07 Å². The molecule has 0 aliphatic heterocycles. The zero-order valence-corrected chi connectivity index (χ0v) is 13.1. The highest BCUT2D eigenvalue weighted by Crippen LogP contribution is 2.43. The van der Waals surface area contributed by atoms with Crippen LogP contribution < -0.4 is 5.32 Å². The summed E-state index contributed by atoms with van der Waals surface area (Å²) >= 11 is 0. The van der Waals surface area contributed by atoms with Crippen LogP contribution in [0.2, 0.25) is 0 Å². The predicted molar refractivity (Wildman–Crippen MR) is 82.3 cm³/mol. The van der Waals surface area contributed by atoms with Gasteiger partial charge in [0.15, 0.2) is 0 Å². The van der Waals surface area contributed by atoms with E-state index in [-0.39, 0.29) is 17.4 Å². The summed E-state index contributed by atoms with van der Waals surface area (Å²) in [6.07, 6.45) is 4.80. The first-order valence-electron chi connectivity index (χ1n) is 7.60. The smallest absolute Gasteiger partial charge is 0.123 e. The van der Waals surface area contributed by atoms with Gasteiger partial charge in [-0.15, -0.1) is 0 Å². The summed E-state index contributed by atoms with van der Waals surface area (Å²) < 4.78 is 13.6. The molecule has 0 saturated heterocycles. The number of halogens is 1. The van der Waals surface area contributed by atoms with Crippen molar-refractivity contribution in [2.24, 2.45) is 5.92 Å². The molecule has 0 aromatic heterocycles. The third kappa shape index (κ3) is 2.89. The van der Waals surface area contributed by atoms with Gasteiger partial charge in [-0.2, -0.15) is 0 Å². The molecule has 3 heteroatoms. The van der Waals surface area contributed by atoms with Crippen molar-refractivity contribution >= 4 is 0 Å². The fraction of sp³-hybridized carbons (Fsp3) is 0.647. The van der Waals surface area contributed by atoms with Crippen molar-refractivity contribution in [1.82, 2.24) is 10.2 Å². The van der Waals surface area contributed by atoms with Gasteiger partial charge in [0, 0.05) is 5.54 Å². The van der Waals surface area contributed by atoms with Crippen molar-refractivity contribution in [3.8, 4) is 0 Å². The van der Waals surface area contributed by atoms with Crippen LogP contribution >= 0.6 is 0 Å². The Kier molecular flexibility index (Phi) is 4.82. The minimum absolute atomic E-state index is 0.0784. The topological polar surface area (TPSA) is 15.3 Å². The van der Waals surface area contributed by atoms with Crippen LogP contribution in [0.1, 0.15) is 44.2 Å². The Bertz CT molecular complexity index is 436. The van der Waals surface area contributed by atoms with Gasteiger partial charge >= 0.3 is 0 Å². The molecule has 1 unspecified atom stereocenters. The summed E-state index contributed by atoms with van der Waals surface area (Å²) in [7, 11) is 6.29. The standard InChI is InChI=1S/C17H27FN2/c1-13-8-10-17(11-9-13,20(3)4)16(19-2)14-6-5-7-15(18)12-14/h5-7,12-13,16,19H,8-11H2,1-4H3. The van der Waals surface area contributed by atoms with Gasteiger partial charge in [0.2, 0.25) is 0 Å². The van der Waals surface area contributed by atoms with Crippen LogP contribution in [0.25, 0.3) is 0 Å². The molecule has 1 fully saturated rings. The lowest BCUT2D eigenvalue weighted by molar-refractivity contribution is 0.0454. The third-order valence-corrected chi connectivity index (χ3v) is 5.04. The van der Waals surface area contributed by atoms with Gasteiger partial charge in [0.25, 0.3) is 0 Å². The maximum absolute atomic E-state index is 13.6. The second-order valence-electron chi connectivity index (χ2n) is 6.46. The minimum atomic E-state index is -0.152. The first-order chi connectivity index (χ1) is 9.49. The summed E-state index contributed by atoms with van der Waals surface area (Å²) in [5, 5.41) is 3.44. The summed E-state index contributed by atoms with van der Waals surface area (Å²) in [6, 6.07) is 7.20. The average Bonchev–Trinajstić information content (AvgIpc) is 2.42. The molecular formula is C17H27FN2. The SMILES string of the molecule is CNC(c1cccc(F)c1)C1(N(C)C)CCC(C)CC1. The summed E-state index contributed by atoms with van der Waals surface area (Å²) in [4.78, 5) is 2.34. The van der Waals surface area contributed by atoms with Crippen LogP contribution in [0.5, 0.6) is 0 Å². The van der Waals surface area contributed by atoms with E-state index in [1.165, 1.54) is 18.9 Å². The molecule has 20 heavy (non-hydrogen) atoms. The highest BCUT2D eigenvalue weighted by Gasteiger charge is 2.43. The minimum Gasteiger partial charge on any atom is -0.311 e. The van der Waals surface area contributed by atoms with Crippen molar-refractivity contribution in [2.75, 3.05) is 21.1 Å². The van der Waals surface area contributed by atoms with Gasteiger partial charge < -0.3 is 10.2 Å². The van der Waals surface area contributed by atoms with Crippen LogP contribution in [0.4, 0.5) is 4.39 Å². The molecule has 1 aromatic rings. The molecule has 1 atom stereocenters. The first kappa shape index (κ1) is 15.5. The highest BCUT2D eigenvalue weighted by atomic mass is 19.1. The summed E-state index contributed by atoms with van der Waals surface area (Å²) in [5.74, 6) is 0.647. The molecule has 1 saturated carbocycles. The fourth-order valence-electron chi connectivity index (χ4n) is 3.69. The number of likely N-dealkylation sites (N-methyl/N-ethyl adjacent to an activating group) is 2. The quantitative estimate of drug-likeness (QED) is 0.905. The monoisotopic (exact) mass is 278 g/mol. The molecule has 1 aromatic carbocycles. The fourth-order valence-corrected chi connectivity index (χ4v) is 3.69. The number of benzene rings is 1. The number of hydrogen-bond acceptors (Lipinski definition) is 2. The predicted octanol–water partition coefficient (Wildman–Crippen LogP) is 3.60. The van der Waals surface area contributed by atoms with E-state index in [1.807, 2.05) is 19.2 Å². The molecule has 2 nitrogen and oxygen atoms in total. The zero-order valence-electron chi connectivity index (χ0n) is 13.1. The van der Waals surface area contributed by atoms with Gasteiger partial charge in [-0.05, 0) is 70.4 Å². The molecule has 0 heterocycles. The molecule has 1 N–H and O–H groups in total. The summed E-state index contributed by atoms with van der Waals surface area (Å²) in [5.41, 5.74) is 1.13. The molecule has 1 aliphatic rings. The van der Waals surface area contributed by atoms with Crippen molar-refractivity contribution in [2.45, 2.75) is 44.2 Å². The number of nitrogens with one attached hydrogen (secondary N) is 1. The van der Waals surface area contributed by atoms with Crippen molar-refractivity contribution in [1.29, 1.82) is 0 Å². The van der Waals surface area contributed by atoms with E-state index < -0.39 is 0 Å². The Morgan fingerprint density at radius 2 is 1.95 bits per heavy atom. The number of rotatable bonds is 4. The number of nitrogens with zero attached hydrogens (tertiary/aromatic N) is 1. The van der Waals surface area contributed by atoms with Gasteiger partial charge in [-0.25, -0.2) is 4.39 Å². The van der Waals surface area contributed by atoms with Gasteiger partial charge in [0.1, 0.15) is 5.82 Å². The van der Waals surface area contributed by atoms with Crippen LogP contribution in [-0.4, -0.2) is 31.6 Å². The molecule has 112 valence electrons. The van der Waals surface area contributed by atoms with E-state index in [0.29, 0.717) is 0 Å². The zero-order chi connectivity index (χ0) is 14.8. The molecule has 0 bridgehead atoms. The van der Waals surface area contributed by atoms with Crippen LogP contribution in [-0.2, 0) is 0 Å². The van der Waals surface area contributed by atoms with E-state index >= 15 is 0 Å². The van der Waals surface area contributed by atoms with Gasteiger partial charge in [-0.1, -0.05) is 19.1 Å². The van der Waals surface area contributed by atoms with Gasteiger partial charge in [0.05, 0.1) is 6.04 Å². The molecule has 0 spiro atoms. The third-order valence-electron chi connectivity index (χ3n) is 5.04. The van der Waals surface area contributed by atoms with E-state index in [0.717, 1.165) is 24.3 Å². The molecular weight excluding hydrogens is 251 g/mol. The van der Waals surface area contributed by atoms with Crippen LogP contribution in [0.15, 0.2) is 24.3 Å². The molecule has 0 amide bonds. The lowest BCUT2D eigenvalue weighted by Gasteiger charge is -2.50. The average molecular weight is 278 g/mol. The second-order valence-corrected chi connectivity index (χ2v) is 6.46. The van der Waals surface area contributed by atoms with Crippen molar-refractivity contribution in [3.63, 3.8) is 0 Å². The Balaban J connectivity index is 2.35. The molecule has 1 aliphatic carbocycles.